The average Bonchev–Trinajstić information content (AvgIpc) is 3.09. The van der Waals surface area contributed by atoms with Crippen LogP contribution < -0.4 is 11.2 Å². The van der Waals surface area contributed by atoms with E-state index in [4.69, 9.17) is 0 Å². The highest BCUT2D eigenvalue weighted by atomic mass is 16.2. The molecule has 3 aromatic heterocycles. The van der Waals surface area contributed by atoms with Crippen LogP contribution in [0.15, 0.2) is 34.6 Å². The minimum Gasteiger partial charge on any atom is -0.336 e. The molecule has 0 saturated carbocycles. The van der Waals surface area contributed by atoms with E-state index in [-0.39, 0.29) is 11.2 Å². The van der Waals surface area contributed by atoms with E-state index in [1.165, 1.54) is 11.6 Å². The molecule has 0 radical (unpaired) electrons. The van der Waals surface area contributed by atoms with Gasteiger partial charge in [-0.25, -0.2) is 14.8 Å². The van der Waals surface area contributed by atoms with Crippen LogP contribution >= 0.6 is 0 Å². The lowest BCUT2D eigenvalue weighted by Crippen LogP contribution is -2.37. The number of hydrogen-bond acceptors (Lipinski definition) is 4. The first-order chi connectivity index (χ1) is 9.59. The molecule has 3 heterocycles. The van der Waals surface area contributed by atoms with Gasteiger partial charge in [0.2, 0.25) is 0 Å². The van der Waals surface area contributed by atoms with Crippen molar-refractivity contribution in [3.05, 3.63) is 45.9 Å². The number of hydrogen-bond donors (Lipinski definition) is 0. The van der Waals surface area contributed by atoms with E-state index in [0.29, 0.717) is 24.3 Å². The van der Waals surface area contributed by atoms with Crippen LogP contribution in [-0.2, 0) is 27.2 Å². The Morgan fingerprint density at radius 2 is 1.90 bits per heavy atom. The lowest BCUT2D eigenvalue weighted by atomic mass is 10.5. The van der Waals surface area contributed by atoms with Crippen LogP contribution in [0.1, 0.15) is 0 Å². The van der Waals surface area contributed by atoms with Crippen LogP contribution in [0.25, 0.3) is 11.2 Å². The molecule has 0 saturated heterocycles. The molecule has 0 unspecified atom stereocenters. The van der Waals surface area contributed by atoms with E-state index in [2.05, 4.69) is 9.97 Å². The number of nitrogens with zero attached hydrogens (tertiary/aromatic N) is 6. The summed E-state index contributed by atoms with van der Waals surface area (Å²) in [6.45, 7) is 1.26. The van der Waals surface area contributed by atoms with Gasteiger partial charge >= 0.3 is 5.69 Å². The van der Waals surface area contributed by atoms with Crippen molar-refractivity contribution in [2.75, 3.05) is 0 Å². The van der Waals surface area contributed by atoms with Gasteiger partial charge in [0.05, 0.1) is 12.7 Å². The number of imidazole rings is 2. The molecule has 3 rings (SSSR count). The van der Waals surface area contributed by atoms with Gasteiger partial charge in [-0.2, -0.15) is 0 Å². The van der Waals surface area contributed by atoms with E-state index >= 15 is 0 Å². The third-order valence-electron chi connectivity index (χ3n) is 3.38. The highest BCUT2D eigenvalue weighted by Crippen LogP contribution is 2.05. The molecule has 0 aliphatic heterocycles. The Hall–Kier alpha value is -2.64. The Morgan fingerprint density at radius 3 is 2.60 bits per heavy atom. The maximum Gasteiger partial charge on any atom is 0.332 e. The molecule has 0 fully saturated rings. The van der Waals surface area contributed by atoms with E-state index in [9.17, 15) is 9.59 Å². The normalized spacial score (nSPS) is 11.3. The Kier molecular flexibility index (Phi) is 2.78. The molecule has 0 amide bonds. The van der Waals surface area contributed by atoms with Crippen molar-refractivity contribution >= 4 is 11.2 Å². The summed E-state index contributed by atoms with van der Waals surface area (Å²) >= 11 is 0. The molecule has 0 aliphatic rings. The van der Waals surface area contributed by atoms with Gasteiger partial charge in [0.1, 0.15) is 0 Å². The van der Waals surface area contributed by atoms with Crippen molar-refractivity contribution in [1.29, 1.82) is 0 Å². The zero-order chi connectivity index (χ0) is 14.3. The highest BCUT2D eigenvalue weighted by Gasteiger charge is 2.13. The molecule has 0 aromatic carbocycles. The second-order valence-electron chi connectivity index (χ2n) is 4.62. The quantitative estimate of drug-likeness (QED) is 0.634. The van der Waals surface area contributed by atoms with Gasteiger partial charge in [-0.15, -0.1) is 0 Å². The summed E-state index contributed by atoms with van der Waals surface area (Å²) in [5.41, 5.74) is 0.145. The maximum atomic E-state index is 12.2. The molecule has 0 N–H and O–H groups in total. The molecule has 8 nitrogen and oxygen atoms in total. The summed E-state index contributed by atoms with van der Waals surface area (Å²) in [7, 11) is 3.08. The van der Waals surface area contributed by atoms with Crippen LogP contribution in [0.3, 0.4) is 0 Å². The lowest BCUT2D eigenvalue weighted by molar-refractivity contribution is 0.585. The van der Waals surface area contributed by atoms with Crippen LogP contribution in [0.5, 0.6) is 0 Å². The van der Waals surface area contributed by atoms with Crippen molar-refractivity contribution in [2.45, 2.75) is 13.1 Å². The Bertz CT molecular complexity index is 868. The fourth-order valence-electron chi connectivity index (χ4n) is 2.21. The van der Waals surface area contributed by atoms with Gasteiger partial charge in [0.15, 0.2) is 11.2 Å². The van der Waals surface area contributed by atoms with Gasteiger partial charge in [-0.1, -0.05) is 0 Å². The molecular formula is C12H14N6O2. The average molecular weight is 274 g/mol. The Morgan fingerprint density at radius 1 is 1.10 bits per heavy atom. The molecule has 104 valence electrons. The third-order valence-corrected chi connectivity index (χ3v) is 3.38. The first-order valence-corrected chi connectivity index (χ1v) is 6.16. The lowest BCUT2D eigenvalue weighted by Gasteiger charge is -2.07. The van der Waals surface area contributed by atoms with Crippen molar-refractivity contribution in [3.63, 3.8) is 0 Å². The number of aromatic nitrogens is 6. The zero-order valence-electron chi connectivity index (χ0n) is 11.2. The largest absolute Gasteiger partial charge is 0.336 e. The molecule has 3 aromatic rings. The predicted octanol–water partition coefficient (Wildman–Crippen LogP) is -0.670. The van der Waals surface area contributed by atoms with Crippen LogP contribution in [0.4, 0.5) is 0 Å². The van der Waals surface area contributed by atoms with Gasteiger partial charge in [0, 0.05) is 39.6 Å². The topological polar surface area (TPSA) is 79.6 Å². The summed E-state index contributed by atoms with van der Waals surface area (Å²) in [4.78, 5) is 32.2. The molecule has 0 atom stereocenters. The van der Waals surface area contributed by atoms with Gasteiger partial charge in [0.25, 0.3) is 5.56 Å². The standard InChI is InChI=1S/C12H14N6O2/c1-15-10-9(11(19)16(2)12(15)20)18(8-14-10)6-5-17-4-3-13-7-17/h3-4,7-8H,5-6H2,1-2H3. The highest BCUT2D eigenvalue weighted by molar-refractivity contribution is 5.69. The molecule has 0 spiro atoms. The maximum absolute atomic E-state index is 12.2. The van der Waals surface area contributed by atoms with Crippen LogP contribution in [0, 0.1) is 0 Å². The summed E-state index contributed by atoms with van der Waals surface area (Å²) in [6, 6.07) is 0. The van der Waals surface area contributed by atoms with Gasteiger partial charge in [-0.05, 0) is 0 Å². The summed E-state index contributed by atoms with van der Waals surface area (Å²) < 4.78 is 6.15. The monoisotopic (exact) mass is 274 g/mol. The first-order valence-electron chi connectivity index (χ1n) is 6.16. The van der Waals surface area contributed by atoms with Crippen molar-refractivity contribution in [2.24, 2.45) is 14.1 Å². The summed E-state index contributed by atoms with van der Waals surface area (Å²) in [5.74, 6) is 0. The fourth-order valence-corrected chi connectivity index (χ4v) is 2.21. The van der Waals surface area contributed by atoms with Crippen molar-refractivity contribution < 1.29 is 0 Å². The summed E-state index contributed by atoms with van der Waals surface area (Å²) in [5, 5.41) is 0. The zero-order valence-corrected chi connectivity index (χ0v) is 11.2. The smallest absolute Gasteiger partial charge is 0.332 e. The molecule has 0 bridgehead atoms. The third kappa shape index (κ3) is 1.77. The molecule has 0 aliphatic carbocycles. The second kappa shape index (κ2) is 4.48. The van der Waals surface area contributed by atoms with Gasteiger partial charge in [-0.3, -0.25) is 13.9 Å². The molecular weight excluding hydrogens is 260 g/mol. The van der Waals surface area contributed by atoms with Crippen molar-refractivity contribution in [1.82, 2.24) is 28.2 Å². The number of rotatable bonds is 3. The number of fused-ring (bicyclic) bond motifs is 1. The first kappa shape index (κ1) is 12.4. The molecule has 8 heteroatoms. The van der Waals surface area contributed by atoms with Crippen LogP contribution in [-0.4, -0.2) is 28.2 Å². The van der Waals surface area contributed by atoms with E-state index in [1.807, 2.05) is 10.8 Å². The minimum absolute atomic E-state index is 0.328. The van der Waals surface area contributed by atoms with E-state index < -0.39 is 0 Å². The minimum atomic E-state index is -0.373. The SMILES string of the molecule is Cn1c(=O)c2c(ncn2CCn2ccnc2)n(C)c1=O. The molecule has 20 heavy (non-hydrogen) atoms. The van der Waals surface area contributed by atoms with Gasteiger partial charge < -0.3 is 9.13 Å². The fraction of sp³-hybridized carbons (Fsp3) is 0.333. The second-order valence-corrected chi connectivity index (χ2v) is 4.62. The van der Waals surface area contributed by atoms with Crippen molar-refractivity contribution in [3.8, 4) is 0 Å². The Labute approximate surface area is 113 Å². The van der Waals surface area contributed by atoms with E-state index in [1.54, 1.807) is 30.5 Å². The Balaban J connectivity index is 2.09. The number of aryl methyl sites for hydroxylation is 3. The van der Waals surface area contributed by atoms with Crippen LogP contribution in [0.2, 0.25) is 0 Å². The summed E-state index contributed by atoms with van der Waals surface area (Å²) in [6.07, 6.45) is 6.86. The predicted molar refractivity (Wildman–Crippen MR) is 72.4 cm³/mol. The van der Waals surface area contributed by atoms with E-state index in [0.717, 1.165) is 4.57 Å².